The average Bonchev–Trinajstić information content (AvgIpc) is 2.32. The Labute approximate surface area is 73.2 Å². The molecule has 0 amide bonds. The van der Waals surface area contributed by atoms with Crippen molar-refractivity contribution in [3.63, 3.8) is 0 Å². The fourth-order valence-corrected chi connectivity index (χ4v) is 2.45. The van der Waals surface area contributed by atoms with Crippen LogP contribution in [0.2, 0.25) is 0 Å². The molecule has 0 aromatic rings. The van der Waals surface area contributed by atoms with Crippen LogP contribution >= 0.6 is 0 Å². The summed E-state index contributed by atoms with van der Waals surface area (Å²) in [6, 6.07) is 1.14. The molecule has 66 valence electrons. The van der Waals surface area contributed by atoms with Gasteiger partial charge in [-0.3, -0.25) is 9.69 Å². The lowest BCUT2D eigenvalue weighted by atomic mass is 9.99. The maximum absolute atomic E-state index is 11.2. The summed E-state index contributed by atoms with van der Waals surface area (Å²) in [5, 5.41) is 0. The van der Waals surface area contributed by atoms with Crippen molar-refractivity contribution in [2.75, 3.05) is 7.05 Å². The molecule has 0 radical (unpaired) electrons. The zero-order valence-electron chi connectivity index (χ0n) is 7.71. The molecule has 0 aliphatic carbocycles. The third-order valence-electron chi connectivity index (χ3n) is 3.22. The van der Waals surface area contributed by atoms with E-state index < -0.39 is 0 Å². The molecule has 0 saturated carbocycles. The van der Waals surface area contributed by atoms with Gasteiger partial charge in [-0.25, -0.2) is 0 Å². The minimum Gasteiger partial charge on any atom is -0.296 e. The number of rotatable bonds is 1. The molecule has 12 heavy (non-hydrogen) atoms. The second-order valence-electron chi connectivity index (χ2n) is 3.86. The third-order valence-corrected chi connectivity index (χ3v) is 3.22. The normalized spacial score (nSPS) is 35.0. The van der Waals surface area contributed by atoms with Crippen LogP contribution in [0.3, 0.4) is 0 Å². The summed E-state index contributed by atoms with van der Waals surface area (Å²) < 4.78 is 0. The van der Waals surface area contributed by atoms with Crippen LogP contribution in [0.4, 0.5) is 0 Å². The van der Waals surface area contributed by atoms with Gasteiger partial charge in [-0.1, -0.05) is 6.08 Å². The Morgan fingerprint density at radius 1 is 1.58 bits per heavy atom. The number of hydrogen-bond donors (Lipinski definition) is 0. The van der Waals surface area contributed by atoms with Crippen molar-refractivity contribution >= 4 is 5.78 Å². The summed E-state index contributed by atoms with van der Waals surface area (Å²) in [6.45, 7) is 1.68. The van der Waals surface area contributed by atoms with Gasteiger partial charge < -0.3 is 0 Å². The SMILES string of the molecule is CC(=O)C1=CC[C@@H]2CC[C@H]1N2C. The van der Waals surface area contributed by atoms with Crippen LogP contribution in [0.25, 0.3) is 0 Å². The molecule has 0 unspecified atom stereocenters. The van der Waals surface area contributed by atoms with E-state index in [0.717, 1.165) is 12.0 Å². The van der Waals surface area contributed by atoms with Crippen molar-refractivity contribution < 1.29 is 4.79 Å². The van der Waals surface area contributed by atoms with E-state index >= 15 is 0 Å². The molecule has 2 bridgehead atoms. The van der Waals surface area contributed by atoms with Crippen molar-refractivity contribution in [1.29, 1.82) is 0 Å². The maximum Gasteiger partial charge on any atom is 0.157 e. The zero-order chi connectivity index (χ0) is 8.72. The lowest BCUT2D eigenvalue weighted by Crippen LogP contribution is -2.37. The van der Waals surface area contributed by atoms with E-state index in [0.29, 0.717) is 12.1 Å². The highest BCUT2D eigenvalue weighted by atomic mass is 16.1. The summed E-state index contributed by atoms with van der Waals surface area (Å²) in [5.41, 5.74) is 1.05. The molecule has 2 aliphatic rings. The smallest absolute Gasteiger partial charge is 0.157 e. The van der Waals surface area contributed by atoms with E-state index in [-0.39, 0.29) is 5.78 Å². The number of carbonyl (C=O) groups is 1. The van der Waals surface area contributed by atoms with E-state index in [2.05, 4.69) is 18.0 Å². The van der Waals surface area contributed by atoms with Gasteiger partial charge in [0.15, 0.2) is 5.78 Å². The minimum absolute atomic E-state index is 0.257. The Morgan fingerprint density at radius 2 is 2.33 bits per heavy atom. The molecule has 2 rings (SSSR count). The molecule has 0 aromatic heterocycles. The van der Waals surface area contributed by atoms with Gasteiger partial charge in [0.25, 0.3) is 0 Å². The van der Waals surface area contributed by atoms with E-state index in [1.807, 2.05) is 0 Å². The number of nitrogens with zero attached hydrogens (tertiary/aromatic N) is 1. The largest absolute Gasteiger partial charge is 0.296 e. The van der Waals surface area contributed by atoms with Gasteiger partial charge in [-0.05, 0) is 33.2 Å². The van der Waals surface area contributed by atoms with E-state index in [1.54, 1.807) is 6.92 Å². The summed E-state index contributed by atoms with van der Waals surface area (Å²) in [6.07, 6.45) is 5.65. The van der Waals surface area contributed by atoms with Crippen LogP contribution in [0.15, 0.2) is 11.6 Å². The Hall–Kier alpha value is -0.630. The summed E-state index contributed by atoms with van der Waals surface area (Å²) in [4.78, 5) is 13.6. The molecule has 2 heteroatoms. The molecule has 2 aliphatic heterocycles. The van der Waals surface area contributed by atoms with E-state index in [9.17, 15) is 4.79 Å². The fourth-order valence-electron chi connectivity index (χ4n) is 2.45. The molecule has 1 saturated heterocycles. The van der Waals surface area contributed by atoms with Gasteiger partial charge in [0.2, 0.25) is 0 Å². The Bertz CT molecular complexity index is 244. The van der Waals surface area contributed by atoms with Crippen molar-refractivity contribution in [2.24, 2.45) is 0 Å². The number of hydrogen-bond acceptors (Lipinski definition) is 2. The zero-order valence-corrected chi connectivity index (χ0v) is 7.71. The first-order chi connectivity index (χ1) is 5.70. The summed E-state index contributed by atoms with van der Waals surface area (Å²) >= 11 is 0. The minimum atomic E-state index is 0.257. The second-order valence-corrected chi connectivity index (χ2v) is 3.86. The van der Waals surface area contributed by atoms with Crippen LogP contribution in [-0.2, 0) is 4.79 Å². The van der Waals surface area contributed by atoms with Crippen LogP contribution < -0.4 is 0 Å². The first-order valence-corrected chi connectivity index (χ1v) is 4.63. The standard InChI is InChI=1S/C10H15NO/c1-7(12)9-5-3-8-4-6-10(9)11(8)2/h5,8,10H,3-4,6H2,1-2H3/t8-,10-/m1/s1. The molecule has 0 aromatic carbocycles. The molecule has 2 heterocycles. The Kier molecular flexibility index (Phi) is 1.80. The summed E-state index contributed by atoms with van der Waals surface area (Å²) in [5.74, 6) is 0.257. The first kappa shape index (κ1) is 7.99. The molecule has 1 fully saturated rings. The number of carbonyl (C=O) groups excluding carboxylic acids is 1. The molecule has 2 atom stereocenters. The Morgan fingerprint density at radius 3 is 3.00 bits per heavy atom. The maximum atomic E-state index is 11.2. The molecular formula is C10H15NO. The van der Waals surface area contributed by atoms with Crippen molar-refractivity contribution in [2.45, 2.75) is 38.3 Å². The lowest BCUT2D eigenvalue weighted by molar-refractivity contribution is -0.114. The Balaban J connectivity index is 2.27. The van der Waals surface area contributed by atoms with Crippen LogP contribution in [-0.4, -0.2) is 29.8 Å². The number of Topliss-reactive ketones (excluding diaryl/α,β-unsaturated/α-hetero) is 1. The van der Waals surface area contributed by atoms with Gasteiger partial charge in [0.05, 0.1) is 0 Å². The predicted molar refractivity (Wildman–Crippen MR) is 48.0 cm³/mol. The fraction of sp³-hybridized carbons (Fsp3) is 0.700. The lowest BCUT2D eigenvalue weighted by Gasteiger charge is -2.30. The number of likely N-dealkylation sites (N-methyl/N-ethyl adjacent to an activating group) is 1. The topological polar surface area (TPSA) is 20.3 Å². The summed E-state index contributed by atoms with van der Waals surface area (Å²) in [7, 11) is 2.14. The highest BCUT2D eigenvalue weighted by Gasteiger charge is 2.36. The van der Waals surface area contributed by atoms with Crippen molar-refractivity contribution in [3.8, 4) is 0 Å². The van der Waals surface area contributed by atoms with Crippen LogP contribution in [0.5, 0.6) is 0 Å². The van der Waals surface area contributed by atoms with Crippen LogP contribution in [0, 0.1) is 0 Å². The van der Waals surface area contributed by atoms with E-state index in [4.69, 9.17) is 0 Å². The van der Waals surface area contributed by atoms with Gasteiger partial charge >= 0.3 is 0 Å². The van der Waals surface area contributed by atoms with Gasteiger partial charge in [0.1, 0.15) is 0 Å². The molecular weight excluding hydrogens is 150 g/mol. The predicted octanol–water partition coefficient (Wildman–Crippen LogP) is 1.37. The second kappa shape index (κ2) is 2.70. The molecule has 2 nitrogen and oxygen atoms in total. The first-order valence-electron chi connectivity index (χ1n) is 4.63. The highest BCUT2D eigenvalue weighted by molar-refractivity contribution is 5.94. The van der Waals surface area contributed by atoms with Crippen molar-refractivity contribution in [3.05, 3.63) is 11.6 Å². The third kappa shape index (κ3) is 1.02. The molecule has 0 N–H and O–H groups in total. The number of ketones is 1. The van der Waals surface area contributed by atoms with Crippen LogP contribution in [0.1, 0.15) is 26.2 Å². The van der Waals surface area contributed by atoms with Crippen molar-refractivity contribution in [1.82, 2.24) is 4.90 Å². The van der Waals surface area contributed by atoms with Gasteiger partial charge in [-0.2, -0.15) is 0 Å². The quantitative estimate of drug-likeness (QED) is 0.585. The van der Waals surface area contributed by atoms with Gasteiger partial charge in [-0.15, -0.1) is 0 Å². The van der Waals surface area contributed by atoms with E-state index in [1.165, 1.54) is 12.8 Å². The molecule has 0 spiro atoms. The average molecular weight is 165 g/mol. The number of fused-ring (bicyclic) bond motifs is 2. The van der Waals surface area contributed by atoms with Gasteiger partial charge in [0, 0.05) is 17.7 Å². The monoisotopic (exact) mass is 165 g/mol. The highest BCUT2D eigenvalue weighted by Crippen LogP contribution is 2.34.